The van der Waals surface area contributed by atoms with E-state index in [0.29, 0.717) is 23.2 Å². The van der Waals surface area contributed by atoms with E-state index in [2.05, 4.69) is 56.5 Å². The van der Waals surface area contributed by atoms with Crippen molar-refractivity contribution in [2.24, 2.45) is 11.8 Å². The van der Waals surface area contributed by atoms with E-state index < -0.39 is 0 Å². The number of ether oxygens (including phenoxy) is 4. The van der Waals surface area contributed by atoms with Gasteiger partial charge in [0.05, 0.1) is 0 Å². The molecule has 0 aliphatic carbocycles. The number of rotatable bonds is 26. The first-order chi connectivity index (χ1) is 16.0. The fraction of sp³-hybridized carbons (Fsp3) is 1.00. The van der Waals surface area contributed by atoms with Crippen molar-refractivity contribution in [3.05, 3.63) is 0 Å². The maximum absolute atomic E-state index is 5.61. The van der Waals surface area contributed by atoms with Crippen LogP contribution in [0.1, 0.15) is 119 Å². The van der Waals surface area contributed by atoms with E-state index in [-0.39, 0.29) is 18.9 Å². The first-order valence-electron chi connectivity index (χ1n) is 13.8. The number of unbranched alkanes of at least 4 members (excludes halogenated alkanes) is 4. The average Bonchev–Trinajstić information content (AvgIpc) is 2.76. The molecule has 1 radical (unpaired) electrons. The van der Waals surface area contributed by atoms with Crippen LogP contribution in [0.5, 0.6) is 0 Å². The molecule has 4 unspecified atom stereocenters. The third-order valence-electron chi connectivity index (χ3n) is 5.85. The SMILES string of the molecule is CCCCCOCOCCCC(C)C[CH](C)[Cu][CH](C)CC(C)CCCOCOCCCCC.[Li]. The summed E-state index contributed by atoms with van der Waals surface area (Å²) < 4.78 is 22.2. The quantitative estimate of drug-likeness (QED) is 0.0642. The molecule has 0 aromatic rings. The second-order valence-corrected chi connectivity index (χ2v) is 11.9. The number of hydrogen-bond acceptors (Lipinski definition) is 4. The summed E-state index contributed by atoms with van der Waals surface area (Å²) in [5.74, 6) is 1.51. The molecule has 0 amide bonds. The summed E-state index contributed by atoms with van der Waals surface area (Å²) in [6, 6.07) is 0. The van der Waals surface area contributed by atoms with Crippen LogP contribution in [-0.2, 0) is 33.9 Å². The third-order valence-corrected chi connectivity index (χ3v) is 7.37. The molecule has 0 N–H and O–H groups in total. The smallest absolute Gasteiger partial charge is 0.0654 e. The minimum Gasteiger partial charge on any atom is -0.0654 e. The van der Waals surface area contributed by atoms with Crippen LogP contribution in [0.2, 0.25) is 9.63 Å². The van der Waals surface area contributed by atoms with Crippen LogP contribution in [0.3, 0.4) is 0 Å². The van der Waals surface area contributed by atoms with Gasteiger partial charge in [-0.2, -0.15) is 0 Å². The fourth-order valence-corrected chi connectivity index (χ4v) is 5.92. The Kier molecular flexibility index (Phi) is 31.1. The van der Waals surface area contributed by atoms with Gasteiger partial charge in [-0.15, -0.1) is 0 Å². The monoisotopic (exact) mass is 528 g/mol. The summed E-state index contributed by atoms with van der Waals surface area (Å²) in [6.07, 6.45) is 14.6. The molecule has 0 saturated carbocycles. The summed E-state index contributed by atoms with van der Waals surface area (Å²) in [4.78, 5) is 1.42. The van der Waals surface area contributed by atoms with E-state index in [1.54, 1.807) is 0 Å². The minimum atomic E-state index is 0. The molecular formula is C28H58CuLiO4. The molecule has 0 saturated heterocycles. The van der Waals surface area contributed by atoms with Crippen molar-refractivity contribution < 1.29 is 33.9 Å². The zero-order valence-corrected chi connectivity index (χ0v) is 24.9. The molecule has 0 bridgehead atoms. The maximum atomic E-state index is 5.61. The van der Waals surface area contributed by atoms with Gasteiger partial charge in [0.1, 0.15) is 0 Å². The van der Waals surface area contributed by atoms with E-state index in [9.17, 15) is 0 Å². The molecule has 6 heteroatoms. The molecule has 0 aliphatic rings. The Morgan fingerprint density at radius 1 is 0.529 bits per heavy atom. The van der Waals surface area contributed by atoms with Gasteiger partial charge in [-0.1, -0.05) is 26.7 Å². The van der Waals surface area contributed by atoms with Gasteiger partial charge in [-0.05, 0) is 0 Å². The van der Waals surface area contributed by atoms with Crippen LogP contribution in [0.15, 0.2) is 0 Å². The van der Waals surface area contributed by atoms with Gasteiger partial charge in [-0.3, -0.25) is 0 Å². The predicted octanol–water partition coefficient (Wildman–Crippen LogP) is 8.28. The molecule has 4 nitrogen and oxygen atoms in total. The molecule has 0 fully saturated rings. The predicted molar refractivity (Wildman–Crippen MR) is 143 cm³/mol. The molecule has 0 aromatic carbocycles. The second kappa shape index (κ2) is 28.5. The van der Waals surface area contributed by atoms with Crippen molar-refractivity contribution in [2.45, 2.75) is 128 Å². The van der Waals surface area contributed by atoms with E-state index in [0.717, 1.165) is 63.9 Å². The van der Waals surface area contributed by atoms with Crippen LogP contribution in [0, 0.1) is 11.8 Å². The molecule has 4 atom stereocenters. The summed E-state index contributed by atoms with van der Waals surface area (Å²) in [5.41, 5.74) is 0. The number of hydrogen-bond donors (Lipinski definition) is 0. The van der Waals surface area contributed by atoms with Crippen molar-refractivity contribution in [1.82, 2.24) is 0 Å². The Hall–Kier alpha value is 0.957. The molecule has 34 heavy (non-hydrogen) atoms. The first-order valence-corrected chi connectivity index (χ1v) is 14.9. The Morgan fingerprint density at radius 3 is 1.24 bits per heavy atom. The molecule has 0 heterocycles. The first kappa shape index (κ1) is 37.1. The third kappa shape index (κ3) is 27.5. The van der Waals surface area contributed by atoms with Crippen molar-refractivity contribution >= 4 is 18.9 Å². The Labute approximate surface area is 232 Å². The molecule has 0 spiro atoms. The van der Waals surface area contributed by atoms with Gasteiger partial charge in [0.15, 0.2) is 0 Å². The summed E-state index contributed by atoms with van der Waals surface area (Å²) in [6.45, 7) is 18.2. The van der Waals surface area contributed by atoms with E-state index >= 15 is 0 Å². The molecule has 206 valence electrons. The minimum absolute atomic E-state index is 0. The normalized spacial score (nSPS) is 15.1. The van der Waals surface area contributed by atoms with Crippen LogP contribution < -0.4 is 0 Å². The standard InChI is InChI=1S/2C14H29O2.Cu.Li/c2*1-4-6-7-11-15-13-16-12-8-10-14(3)9-5-2;;/h2*5,14H,4,6-13H2,1-3H3;;. The molecule has 0 rings (SSSR count). The van der Waals surface area contributed by atoms with Crippen molar-refractivity contribution in [3.63, 3.8) is 0 Å². The van der Waals surface area contributed by atoms with Gasteiger partial charge in [-0.25, -0.2) is 0 Å². The Bertz CT molecular complexity index is 355. The zero-order valence-electron chi connectivity index (χ0n) is 24.0. The van der Waals surface area contributed by atoms with Gasteiger partial charge < -0.3 is 0 Å². The van der Waals surface area contributed by atoms with Gasteiger partial charge in [0.25, 0.3) is 0 Å². The van der Waals surface area contributed by atoms with Crippen molar-refractivity contribution in [1.29, 1.82) is 0 Å². The molecular weight excluding hydrogens is 471 g/mol. The Balaban J connectivity index is 0. The van der Waals surface area contributed by atoms with Crippen LogP contribution in [0.25, 0.3) is 0 Å². The van der Waals surface area contributed by atoms with Crippen LogP contribution in [0.4, 0.5) is 0 Å². The van der Waals surface area contributed by atoms with Crippen molar-refractivity contribution in [3.8, 4) is 0 Å². The molecule has 0 aromatic heterocycles. The summed E-state index contributed by atoms with van der Waals surface area (Å²) in [5, 5.41) is 0. The zero-order chi connectivity index (χ0) is 24.6. The average molecular weight is 529 g/mol. The molecule has 0 aliphatic heterocycles. The van der Waals surface area contributed by atoms with E-state index in [1.165, 1.54) is 51.4 Å². The summed E-state index contributed by atoms with van der Waals surface area (Å²) in [7, 11) is 0. The van der Waals surface area contributed by atoms with E-state index in [1.807, 2.05) is 0 Å². The van der Waals surface area contributed by atoms with Gasteiger partial charge in [0, 0.05) is 18.9 Å². The Morgan fingerprint density at radius 2 is 0.882 bits per heavy atom. The van der Waals surface area contributed by atoms with Gasteiger partial charge in [0.2, 0.25) is 0 Å². The fourth-order valence-electron chi connectivity index (χ4n) is 3.99. The second-order valence-electron chi connectivity index (χ2n) is 9.76. The van der Waals surface area contributed by atoms with Crippen LogP contribution >= 0.6 is 0 Å². The van der Waals surface area contributed by atoms with Crippen LogP contribution in [-0.4, -0.2) is 58.9 Å². The van der Waals surface area contributed by atoms with Crippen molar-refractivity contribution in [2.75, 3.05) is 40.0 Å². The van der Waals surface area contributed by atoms with E-state index in [4.69, 9.17) is 18.9 Å². The van der Waals surface area contributed by atoms with Gasteiger partial charge >= 0.3 is 187 Å². The summed E-state index contributed by atoms with van der Waals surface area (Å²) >= 11 is 2.27. The topological polar surface area (TPSA) is 36.9 Å².